The number of carbonyl (C=O) groups is 2. The number of amides is 2. The molecule has 1 fully saturated rings. The molecule has 2 aliphatic heterocycles. The highest BCUT2D eigenvalue weighted by molar-refractivity contribution is 7.89. The van der Waals surface area contributed by atoms with Gasteiger partial charge < -0.3 is 15.0 Å². The van der Waals surface area contributed by atoms with Crippen molar-refractivity contribution in [3.63, 3.8) is 0 Å². The number of hydrogen-bond donors (Lipinski definition) is 1. The van der Waals surface area contributed by atoms with E-state index in [2.05, 4.69) is 40.5 Å². The molecule has 3 aromatic carbocycles. The number of aromatic nitrogens is 1. The van der Waals surface area contributed by atoms with Crippen LogP contribution in [0.15, 0.2) is 83.8 Å². The molecule has 2 aromatic heterocycles. The number of nitrogens with zero attached hydrogens (tertiary/aromatic N) is 4. The average molecular weight is 702 g/mol. The van der Waals surface area contributed by atoms with Crippen LogP contribution in [0, 0.1) is 0 Å². The quantitative estimate of drug-likeness (QED) is 0.202. The Kier molecular flexibility index (Phi) is 9.30. The van der Waals surface area contributed by atoms with E-state index in [0.29, 0.717) is 5.56 Å². The smallest absolute Gasteiger partial charge is 0.409 e. The number of fused-ring (bicyclic) bond motifs is 2. The van der Waals surface area contributed by atoms with Crippen LogP contribution < -0.4 is 5.32 Å². The van der Waals surface area contributed by atoms with Crippen molar-refractivity contribution in [1.82, 2.24) is 19.1 Å². The third kappa shape index (κ3) is 6.61. The molecule has 48 heavy (non-hydrogen) atoms. The van der Waals surface area contributed by atoms with Gasteiger partial charge in [-0.2, -0.15) is 4.31 Å². The highest BCUT2D eigenvalue weighted by atomic mass is 32.2. The lowest BCUT2D eigenvalue weighted by Crippen LogP contribution is -2.50. The Morgan fingerprint density at radius 1 is 0.896 bits per heavy atom. The van der Waals surface area contributed by atoms with Crippen molar-refractivity contribution in [1.29, 1.82) is 0 Å². The average Bonchev–Trinajstić information content (AvgIpc) is 3.69. The molecule has 0 unspecified atom stereocenters. The molecule has 0 atom stereocenters. The Bertz CT molecular complexity index is 2020. The first-order chi connectivity index (χ1) is 23.3. The van der Waals surface area contributed by atoms with Gasteiger partial charge in [0.05, 0.1) is 21.7 Å². The fourth-order valence-corrected chi connectivity index (χ4v) is 9.97. The number of hydrogen-bond acceptors (Lipinski definition) is 9. The summed E-state index contributed by atoms with van der Waals surface area (Å²) in [4.78, 5) is 35.9. The molecule has 0 radical (unpaired) electrons. The maximum atomic E-state index is 13.7. The van der Waals surface area contributed by atoms with E-state index >= 15 is 0 Å². The van der Waals surface area contributed by atoms with Crippen molar-refractivity contribution in [2.45, 2.75) is 31.3 Å². The number of ether oxygens (including phenoxy) is 1. The highest BCUT2D eigenvalue weighted by Gasteiger charge is 2.31. The number of thiophene rings is 1. The molecule has 248 valence electrons. The Morgan fingerprint density at radius 3 is 2.35 bits per heavy atom. The molecule has 7 rings (SSSR count). The Labute approximate surface area is 287 Å². The molecular weight excluding hydrogens is 667 g/mol. The Hall–Kier alpha value is -4.14. The van der Waals surface area contributed by atoms with Crippen molar-refractivity contribution in [2.75, 3.05) is 44.6 Å². The molecule has 0 bridgehead atoms. The first-order valence-electron chi connectivity index (χ1n) is 15.9. The summed E-state index contributed by atoms with van der Waals surface area (Å²) in [5.41, 5.74) is 4.75. The molecule has 5 aromatic rings. The zero-order chi connectivity index (χ0) is 33.3. The summed E-state index contributed by atoms with van der Waals surface area (Å²) in [5, 5.41) is 4.79. The predicted molar refractivity (Wildman–Crippen MR) is 189 cm³/mol. The summed E-state index contributed by atoms with van der Waals surface area (Å²) in [5.74, 6) is -0.316. The minimum absolute atomic E-state index is 0.101. The molecular formula is C35H35N5O5S3. The highest BCUT2D eigenvalue weighted by Crippen LogP contribution is 2.46. The van der Waals surface area contributed by atoms with Gasteiger partial charge in [-0.05, 0) is 60.9 Å². The van der Waals surface area contributed by atoms with Gasteiger partial charge in [0.2, 0.25) is 10.0 Å². The monoisotopic (exact) mass is 701 g/mol. The summed E-state index contributed by atoms with van der Waals surface area (Å²) < 4.78 is 34.2. The summed E-state index contributed by atoms with van der Waals surface area (Å²) in [6.45, 7) is 5.39. The fourth-order valence-electron chi connectivity index (χ4n) is 6.15. The van der Waals surface area contributed by atoms with Crippen LogP contribution in [0.3, 0.4) is 0 Å². The normalized spacial score (nSPS) is 15.7. The predicted octanol–water partition coefficient (Wildman–Crippen LogP) is 6.30. The van der Waals surface area contributed by atoms with Gasteiger partial charge in [0.25, 0.3) is 5.91 Å². The van der Waals surface area contributed by atoms with Crippen LogP contribution in [0.5, 0.6) is 0 Å². The van der Waals surface area contributed by atoms with Crippen LogP contribution in [-0.4, -0.2) is 78.8 Å². The topological polar surface area (TPSA) is 112 Å². The van der Waals surface area contributed by atoms with E-state index in [1.165, 1.54) is 37.3 Å². The molecule has 10 nitrogen and oxygen atoms in total. The second-order valence-electron chi connectivity index (χ2n) is 11.7. The van der Waals surface area contributed by atoms with Gasteiger partial charge in [0, 0.05) is 61.8 Å². The molecule has 1 saturated heterocycles. The zero-order valence-corrected chi connectivity index (χ0v) is 28.9. The van der Waals surface area contributed by atoms with E-state index in [-0.39, 0.29) is 43.6 Å². The van der Waals surface area contributed by atoms with E-state index in [4.69, 9.17) is 9.72 Å². The lowest BCUT2D eigenvalue weighted by Gasteiger charge is -2.33. The Morgan fingerprint density at radius 2 is 1.62 bits per heavy atom. The Balaban J connectivity index is 1.11. The molecule has 0 spiro atoms. The van der Waals surface area contributed by atoms with Crippen molar-refractivity contribution in [3.8, 4) is 10.6 Å². The van der Waals surface area contributed by atoms with Gasteiger partial charge in [-0.25, -0.2) is 18.2 Å². The van der Waals surface area contributed by atoms with Crippen molar-refractivity contribution in [2.24, 2.45) is 0 Å². The third-order valence-electron chi connectivity index (χ3n) is 8.64. The van der Waals surface area contributed by atoms with Crippen LogP contribution in [0.2, 0.25) is 0 Å². The van der Waals surface area contributed by atoms with E-state index in [9.17, 15) is 18.0 Å². The first-order valence-corrected chi connectivity index (χ1v) is 19.0. The molecule has 2 aliphatic rings. The van der Waals surface area contributed by atoms with Gasteiger partial charge in [0.15, 0.2) is 0 Å². The van der Waals surface area contributed by atoms with Crippen LogP contribution in [0.25, 0.3) is 20.8 Å². The SMILES string of the molecule is CCOC(=O)N1CCN(S(=O)(=O)c2ccc(C(=O)Nc3sc4c(c3-c3nc5ccccc5s3)CCN(Cc3ccccc3)C4)cc2)CC1. The van der Waals surface area contributed by atoms with Crippen molar-refractivity contribution < 1.29 is 22.7 Å². The standard InChI is InChI=1S/C35H35N5O5S3/c1-2-45-35(42)39-18-20-40(21-19-39)48(43,44)26-14-12-25(13-15-26)32(41)37-34-31(33-36-28-10-6-7-11-29(28)46-33)27-16-17-38(23-30(27)47-34)22-24-8-4-3-5-9-24/h3-15H,2,16-23H2,1H3,(H,37,41). The molecule has 2 amide bonds. The lowest BCUT2D eigenvalue weighted by molar-refractivity contribution is 0.0933. The van der Waals surface area contributed by atoms with Gasteiger partial charge in [-0.3, -0.25) is 9.69 Å². The van der Waals surface area contributed by atoms with Crippen LogP contribution in [-0.2, 0) is 34.3 Å². The van der Waals surface area contributed by atoms with Gasteiger partial charge in [0.1, 0.15) is 10.0 Å². The molecule has 1 N–H and O–H groups in total. The van der Waals surface area contributed by atoms with Crippen LogP contribution >= 0.6 is 22.7 Å². The summed E-state index contributed by atoms with van der Waals surface area (Å²) in [7, 11) is -3.80. The van der Waals surface area contributed by atoms with E-state index in [1.54, 1.807) is 41.7 Å². The van der Waals surface area contributed by atoms with Crippen molar-refractivity contribution >= 4 is 59.9 Å². The van der Waals surface area contributed by atoms with Gasteiger partial charge in [-0.15, -0.1) is 22.7 Å². The van der Waals surface area contributed by atoms with Crippen LogP contribution in [0.4, 0.5) is 9.80 Å². The number of para-hydroxylation sites is 1. The second-order valence-corrected chi connectivity index (χ2v) is 15.8. The number of rotatable bonds is 8. The maximum Gasteiger partial charge on any atom is 0.409 e. The summed E-state index contributed by atoms with van der Waals surface area (Å²) >= 11 is 3.21. The number of sulfonamides is 1. The van der Waals surface area contributed by atoms with E-state index < -0.39 is 16.1 Å². The number of piperazine rings is 1. The van der Waals surface area contributed by atoms with Gasteiger partial charge >= 0.3 is 6.09 Å². The molecule has 0 saturated carbocycles. The third-order valence-corrected chi connectivity index (χ3v) is 12.7. The second kappa shape index (κ2) is 13.8. The molecule has 13 heteroatoms. The van der Waals surface area contributed by atoms with Crippen molar-refractivity contribution in [3.05, 3.63) is 100 Å². The number of carbonyl (C=O) groups excluding carboxylic acids is 2. The summed E-state index contributed by atoms with van der Waals surface area (Å²) in [6, 6.07) is 24.5. The number of benzene rings is 3. The van der Waals surface area contributed by atoms with E-state index in [1.807, 2.05) is 24.3 Å². The first kappa shape index (κ1) is 32.4. The van der Waals surface area contributed by atoms with Gasteiger partial charge in [-0.1, -0.05) is 42.5 Å². The van der Waals surface area contributed by atoms with E-state index in [0.717, 1.165) is 51.8 Å². The minimum atomic E-state index is -3.80. The number of anilines is 1. The molecule has 0 aliphatic carbocycles. The van der Waals surface area contributed by atoms with Crippen LogP contribution in [0.1, 0.15) is 33.3 Å². The number of nitrogens with one attached hydrogen (secondary N) is 1. The number of thiazole rings is 1. The lowest BCUT2D eigenvalue weighted by atomic mass is 10.0. The largest absolute Gasteiger partial charge is 0.450 e. The fraction of sp³-hybridized carbons (Fsp3) is 0.286. The zero-order valence-electron chi connectivity index (χ0n) is 26.4. The maximum absolute atomic E-state index is 13.7. The molecule has 4 heterocycles. The minimum Gasteiger partial charge on any atom is -0.450 e. The summed E-state index contributed by atoms with van der Waals surface area (Å²) in [6.07, 6.45) is 0.410.